The Morgan fingerprint density at radius 2 is 1.48 bits per heavy atom. The van der Waals surface area contributed by atoms with Gasteiger partial charge in [0, 0.05) is 6.42 Å². The summed E-state index contributed by atoms with van der Waals surface area (Å²) in [4.78, 5) is 0. The van der Waals surface area contributed by atoms with Gasteiger partial charge in [-0.15, -0.1) is 0 Å². The summed E-state index contributed by atoms with van der Waals surface area (Å²) < 4.78 is 63.7. The van der Waals surface area contributed by atoms with Crippen LogP contribution in [0.3, 0.4) is 0 Å². The Kier molecular flexibility index (Phi) is 12.5. The van der Waals surface area contributed by atoms with E-state index in [9.17, 15) is 22.1 Å². The van der Waals surface area contributed by atoms with Gasteiger partial charge in [-0.05, 0) is 12.8 Å². The Bertz CT molecular complexity index is 243. The fourth-order valence-electron chi connectivity index (χ4n) is 1.74. The lowest BCUT2D eigenvalue weighted by Gasteiger charge is -2.16. The van der Waals surface area contributed by atoms with Gasteiger partial charge in [0.2, 0.25) is 0 Å². The lowest BCUT2D eigenvalue weighted by atomic mass is 10.1. The molecule has 0 aromatic heterocycles. The van der Waals surface area contributed by atoms with Crippen LogP contribution in [0.5, 0.6) is 0 Å². The van der Waals surface area contributed by atoms with E-state index in [1.807, 2.05) is 0 Å². The SMILES string of the molecule is [CH2]CCCCCCCC[S+]([O-])CCCOC(F)(F)C(F)F. The van der Waals surface area contributed by atoms with Gasteiger partial charge in [0.25, 0.3) is 0 Å². The molecule has 0 rings (SSSR count). The van der Waals surface area contributed by atoms with Crippen LogP contribution in [-0.4, -0.2) is 35.2 Å². The molecule has 0 amide bonds. The summed E-state index contributed by atoms with van der Waals surface area (Å²) in [7, 11) is 0. The van der Waals surface area contributed by atoms with E-state index in [0.29, 0.717) is 5.75 Å². The molecular formula is C14H25F4O2S. The minimum Gasteiger partial charge on any atom is -0.616 e. The molecular weight excluding hydrogens is 308 g/mol. The van der Waals surface area contributed by atoms with Crippen LogP contribution in [0.15, 0.2) is 0 Å². The molecule has 0 aliphatic carbocycles. The van der Waals surface area contributed by atoms with Crippen LogP contribution >= 0.6 is 0 Å². The average Bonchev–Trinajstić information content (AvgIpc) is 2.42. The van der Waals surface area contributed by atoms with E-state index in [1.54, 1.807) is 0 Å². The predicted molar refractivity (Wildman–Crippen MR) is 77.1 cm³/mol. The quantitative estimate of drug-likeness (QED) is 0.265. The highest BCUT2D eigenvalue weighted by atomic mass is 32.2. The van der Waals surface area contributed by atoms with Gasteiger partial charge >= 0.3 is 12.5 Å². The third-order valence-corrected chi connectivity index (χ3v) is 4.42. The molecule has 0 heterocycles. The molecule has 0 N–H and O–H groups in total. The lowest BCUT2D eigenvalue weighted by Crippen LogP contribution is -2.31. The van der Waals surface area contributed by atoms with Crippen LogP contribution in [-0.2, 0) is 15.9 Å². The number of unbranched alkanes of at least 4 members (excludes halogenated alkanes) is 6. The van der Waals surface area contributed by atoms with Gasteiger partial charge in [-0.3, -0.25) is 0 Å². The Labute approximate surface area is 127 Å². The van der Waals surface area contributed by atoms with Crippen molar-refractivity contribution in [2.75, 3.05) is 18.1 Å². The molecule has 0 bridgehead atoms. The van der Waals surface area contributed by atoms with Crippen LogP contribution in [0.25, 0.3) is 0 Å². The Balaban J connectivity index is 3.40. The smallest absolute Gasteiger partial charge is 0.416 e. The zero-order valence-corrected chi connectivity index (χ0v) is 13.1. The van der Waals surface area contributed by atoms with Crippen molar-refractivity contribution in [1.82, 2.24) is 0 Å². The highest BCUT2D eigenvalue weighted by Gasteiger charge is 2.42. The van der Waals surface area contributed by atoms with Crippen LogP contribution < -0.4 is 0 Å². The number of hydrogen-bond acceptors (Lipinski definition) is 2. The van der Waals surface area contributed by atoms with Crippen molar-refractivity contribution in [2.24, 2.45) is 0 Å². The molecule has 1 atom stereocenters. The van der Waals surface area contributed by atoms with E-state index in [0.717, 1.165) is 38.5 Å². The summed E-state index contributed by atoms with van der Waals surface area (Å²) in [5.41, 5.74) is 0. The molecule has 0 aromatic carbocycles. The van der Waals surface area contributed by atoms with Crippen LogP contribution in [0.1, 0.15) is 51.4 Å². The van der Waals surface area contributed by atoms with Crippen molar-refractivity contribution in [3.05, 3.63) is 6.92 Å². The molecule has 0 saturated heterocycles. The zero-order valence-electron chi connectivity index (χ0n) is 12.3. The second-order valence-corrected chi connectivity index (χ2v) is 6.58. The van der Waals surface area contributed by atoms with E-state index in [4.69, 9.17) is 0 Å². The first-order valence-corrected chi connectivity index (χ1v) is 8.83. The Hall–Kier alpha value is -0.0100. The summed E-state index contributed by atoms with van der Waals surface area (Å²) in [6.07, 6.45) is -0.790. The van der Waals surface area contributed by atoms with Gasteiger partial charge in [0.1, 0.15) is 11.5 Å². The van der Waals surface area contributed by atoms with Crippen LogP contribution in [0.4, 0.5) is 17.6 Å². The molecule has 0 saturated carbocycles. The number of halogens is 4. The first-order valence-electron chi connectivity index (χ1n) is 7.34. The normalized spacial score (nSPS) is 13.9. The summed E-state index contributed by atoms with van der Waals surface area (Å²) in [5, 5.41) is 0. The molecule has 0 spiro atoms. The molecule has 21 heavy (non-hydrogen) atoms. The van der Waals surface area contributed by atoms with Gasteiger partial charge in [-0.1, -0.05) is 50.2 Å². The van der Waals surface area contributed by atoms with E-state index >= 15 is 0 Å². The number of hydrogen-bond donors (Lipinski definition) is 0. The summed E-state index contributed by atoms with van der Waals surface area (Å²) in [6.45, 7) is 3.26. The van der Waals surface area contributed by atoms with Gasteiger partial charge in [0.05, 0.1) is 6.61 Å². The maximum Gasteiger partial charge on any atom is 0.416 e. The summed E-state index contributed by atoms with van der Waals surface area (Å²) in [5.74, 6) is 0.737. The molecule has 0 aliphatic rings. The monoisotopic (exact) mass is 333 g/mol. The van der Waals surface area contributed by atoms with Crippen molar-refractivity contribution in [3.8, 4) is 0 Å². The molecule has 127 valence electrons. The van der Waals surface area contributed by atoms with Crippen molar-refractivity contribution in [3.63, 3.8) is 0 Å². The zero-order chi connectivity index (χ0) is 16.1. The third kappa shape index (κ3) is 12.2. The molecule has 0 fully saturated rings. The van der Waals surface area contributed by atoms with Crippen LogP contribution in [0.2, 0.25) is 0 Å². The van der Waals surface area contributed by atoms with Gasteiger partial charge in [-0.25, -0.2) is 8.78 Å². The third-order valence-electron chi connectivity index (χ3n) is 2.94. The van der Waals surface area contributed by atoms with E-state index < -0.39 is 30.3 Å². The lowest BCUT2D eigenvalue weighted by molar-refractivity contribution is -0.300. The van der Waals surface area contributed by atoms with E-state index in [1.165, 1.54) is 6.42 Å². The van der Waals surface area contributed by atoms with Gasteiger partial charge < -0.3 is 9.29 Å². The minimum absolute atomic E-state index is 0.0957. The van der Waals surface area contributed by atoms with Crippen LogP contribution in [0, 0.1) is 6.92 Å². The standard InChI is InChI=1S/C14H25F4O2S/c1-2-3-4-5-6-7-8-11-21(19)12-9-10-20-14(17,18)13(15)16/h13H,1-12H2. The minimum atomic E-state index is -4.41. The first-order chi connectivity index (χ1) is 9.90. The maximum atomic E-state index is 12.4. The summed E-state index contributed by atoms with van der Waals surface area (Å²) >= 11 is -1.09. The number of ether oxygens (including phenoxy) is 1. The maximum absolute atomic E-state index is 12.4. The van der Waals surface area contributed by atoms with Crippen molar-refractivity contribution < 1.29 is 26.9 Å². The number of alkyl halides is 4. The highest BCUT2D eigenvalue weighted by Crippen LogP contribution is 2.24. The molecule has 0 aromatic rings. The Morgan fingerprint density at radius 1 is 0.952 bits per heavy atom. The number of rotatable bonds is 14. The van der Waals surface area contributed by atoms with Crippen molar-refractivity contribution in [1.29, 1.82) is 0 Å². The largest absolute Gasteiger partial charge is 0.616 e. The average molecular weight is 333 g/mol. The Morgan fingerprint density at radius 3 is 2.05 bits per heavy atom. The second-order valence-electron chi connectivity index (χ2n) is 4.89. The summed E-state index contributed by atoms with van der Waals surface area (Å²) in [6, 6.07) is 0. The van der Waals surface area contributed by atoms with Gasteiger partial charge in [-0.2, -0.15) is 8.78 Å². The second kappa shape index (κ2) is 12.5. The molecule has 2 nitrogen and oxygen atoms in total. The van der Waals surface area contributed by atoms with E-state index in [2.05, 4.69) is 11.7 Å². The molecule has 1 radical (unpaired) electrons. The fraction of sp³-hybridized carbons (Fsp3) is 0.929. The van der Waals surface area contributed by atoms with Crippen molar-refractivity contribution in [2.45, 2.75) is 63.9 Å². The predicted octanol–water partition coefficient (Wildman–Crippen LogP) is 4.56. The van der Waals surface area contributed by atoms with Gasteiger partial charge in [0.15, 0.2) is 0 Å². The molecule has 7 heteroatoms. The molecule has 1 unspecified atom stereocenters. The van der Waals surface area contributed by atoms with Crippen molar-refractivity contribution >= 4 is 11.2 Å². The first kappa shape index (κ1) is 21.0. The molecule has 0 aliphatic heterocycles. The van der Waals surface area contributed by atoms with E-state index in [-0.39, 0.29) is 12.2 Å². The fourth-order valence-corrected chi connectivity index (χ4v) is 2.91. The highest BCUT2D eigenvalue weighted by molar-refractivity contribution is 7.91. The topological polar surface area (TPSA) is 32.3 Å².